The Labute approximate surface area is 154 Å². The third-order valence-corrected chi connectivity index (χ3v) is 6.46. The Kier molecular flexibility index (Phi) is 3.46. The second kappa shape index (κ2) is 5.57. The van der Waals surface area contributed by atoms with Crippen molar-refractivity contribution in [3.05, 3.63) is 53.1 Å². The molecule has 4 atom stereocenters. The van der Waals surface area contributed by atoms with E-state index in [1.165, 1.54) is 23.3 Å². The van der Waals surface area contributed by atoms with E-state index < -0.39 is 23.6 Å². The molecule has 4 aliphatic rings. The van der Waals surface area contributed by atoms with E-state index in [4.69, 9.17) is 0 Å². The molecule has 1 aromatic rings. The van der Waals surface area contributed by atoms with Crippen molar-refractivity contribution in [2.24, 2.45) is 23.7 Å². The quantitative estimate of drug-likeness (QED) is 0.537. The predicted molar refractivity (Wildman–Crippen MR) is 92.5 cm³/mol. The fourth-order valence-electron chi connectivity index (χ4n) is 5.40. The van der Waals surface area contributed by atoms with Gasteiger partial charge in [0.1, 0.15) is 0 Å². The van der Waals surface area contributed by atoms with E-state index in [0.29, 0.717) is 0 Å². The normalized spacial score (nSPS) is 32.2. The van der Waals surface area contributed by atoms with E-state index in [-0.39, 0.29) is 29.3 Å². The largest absolute Gasteiger partial charge is 0.416 e. The molecule has 0 aromatic heterocycles. The van der Waals surface area contributed by atoms with Crippen LogP contribution in [0.15, 0.2) is 47.6 Å². The number of carbonyl (C=O) groups excluding carboxylic acids is 2. The Morgan fingerprint density at radius 2 is 1.52 bits per heavy atom. The Morgan fingerprint density at radius 1 is 0.926 bits per heavy atom. The Balaban J connectivity index is 1.52. The summed E-state index contributed by atoms with van der Waals surface area (Å²) < 4.78 is 39.1. The van der Waals surface area contributed by atoms with Gasteiger partial charge < -0.3 is 0 Å². The molecule has 1 aromatic carbocycles. The van der Waals surface area contributed by atoms with Gasteiger partial charge in [-0.1, -0.05) is 29.4 Å². The number of imide groups is 1. The maximum absolute atomic E-state index is 13.1. The first kappa shape index (κ1) is 16.8. The molecule has 0 radical (unpaired) electrons. The third kappa shape index (κ3) is 2.28. The average Bonchev–Trinajstić information content (AvgIpc) is 3.37. The van der Waals surface area contributed by atoms with Crippen LogP contribution < -0.4 is 4.90 Å². The fraction of sp³-hybridized carbons (Fsp3) is 0.429. The average molecular weight is 373 g/mol. The highest BCUT2D eigenvalue weighted by molar-refractivity contribution is 6.23. The van der Waals surface area contributed by atoms with Crippen LogP contribution in [0.1, 0.15) is 31.2 Å². The van der Waals surface area contributed by atoms with E-state index in [1.54, 1.807) is 0 Å². The van der Waals surface area contributed by atoms with Crippen molar-refractivity contribution in [2.75, 3.05) is 4.90 Å². The molecule has 2 bridgehead atoms. The summed E-state index contributed by atoms with van der Waals surface area (Å²) in [7, 11) is 0. The summed E-state index contributed by atoms with van der Waals surface area (Å²) in [5.41, 5.74) is 1.79. The molecule has 6 heteroatoms. The van der Waals surface area contributed by atoms with Crippen molar-refractivity contribution in [3.8, 4) is 0 Å². The van der Waals surface area contributed by atoms with E-state index in [0.717, 1.165) is 42.7 Å². The van der Waals surface area contributed by atoms with Gasteiger partial charge in [0.2, 0.25) is 11.8 Å². The van der Waals surface area contributed by atoms with Gasteiger partial charge in [-0.25, -0.2) is 4.90 Å². The number of fused-ring (bicyclic) bond motifs is 5. The van der Waals surface area contributed by atoms with Crippen molar-refractivity contribution in [1.82, 2.24) is 0 Å². The van der Waals surface area contributed by atoms with E-state index in [1.807, 2.05) is 12.2 Å². The highest BCUT2D eigenvalue weighted by atomic mass is 19.4. The molecule has 0 unspecified atom stereocenters. The molecule has 1 heterocycles. The molecule has 3 fully saturated rings. The SMILES string of the molecule is O=C1[C@@H]2[C@@H](C(=O)N1c1cccc(C(F)(F)F)c1)[C@H]1C=C[C@H]2C1=C1CCCC1. The van der Waals surface area contributed by atoms with E-state index >= 15 is 0 Å². The van der Waals surface area contributed by atoms with Crippen molar-refractivity contribution in [3.63, 3.8) is 0 Å². The van der Waals surface area contributed by atoms with Gasteiger partial charge in [-0.3, -0.25) is 9.59 Å². The molecule has 140 valence electrons. The van der Waals surface area contributed by atoms with Gasteiger partial charge in [-0.15, -0.1) is 0 Å². The Hall–Kier alpha value is -2.37. The van der Waals surface area contributed by atoms with Gasteiger partial charge in [0.15, 0.2) is 0 Å². The van der Waals surface area contributed by atoms with Crippen molar-refractivity contribution in [2.45, 2.75) is 31.9 Å². The maximum atomic E-state index is 13.1. The van der Waals surface area contributed by atoms with E-state index in [2.05, 4.69) is 0 Å². The van der Waals surface area contributed by atoms with Gasteiger partial charge in [-0.05, 0) is 43.9 Å². The Bertz CT molecular complexity index is 872. The summed E-state index contributed by atoms with van der Waals surface area (Å²) in [5.74, 6) is -1.80. The molecule has 0 N–H and O–H groups in total. The summed E-state index contributed by atoms with van der Waals surface area (Å²) in [4.78, 5) is 27.1. The van der Waals surface area contributed by atoms with Crippen LogP contribution in [0.25, 0.3) is 0 Å². The Morgan fingerprint density at radius 3 is 2.07 bits per heavy atom. The first-order valence-corrected chi connectivity index (χ1v) is 9.33. The number of hydrogen-bond acceptors (Lipinski definition) is 2. The zero-order valence-electron chi connectivity index (χ0n) is 14.5. The van der Waals surface area contributed by atoms with Crippen LogP contribution in [0.4, 0.5) is 18.9 Å². The van der Waals surface area contributed by atoms with E-state index in [9.17, 15) is 22.8 Å². The number of hydrogen-bond donors (Lipinski definition) is 0. The molecule has 0 spiro atoms. The van der Waals surface area contributed by atoms with Crippen molar-refractivity contribution < 1.29 is 22.8 Å². The summed E-state index contributed by atoms with van der Waals surface area (Å²) in [6, 6.07) is 4.48. The lowest BCUT2D eigenvalue weighted by atomic mass is 9.85. The molecular formula is C21H18F3NO2. The van der Waals surface area contributed by atoms with Crippen LogP contribution in [-0.4, -0.2) is 11.8 Å². The number of halogens is 3. The summed E-state index contributed by atoms with van der Waals surface area (Å²) >= 11 is 0. The van der Waals surface area contributed by atoms with Crippen molar-refractivity contribution >= 4 is 17.5 Å². The van der Waals surface area contributed by atoms with Gasteiger partial charge in [0.25, 0.3) is 0 Å². The molecule has 3 aliphatic carbocycles. The minimum Gasteiger partial charge on any atom is -0.274 e. The number of alkyl halides is 3. The molecule has 2 saturated carbocycles. The van der Waals surface area contributed by atoms with Gasteiger partial charge >= 0.3 is 6.18 Å². The topological polar surface area (TPSA) is 37.4 Å². The molecule has 1 aliphatic heterocycles. The monoisotopic (exact) mass is 373 g/mol. The number of benzene rings is 1. The van der Waals surface area contributed by atoms with Crippen LogP contribution in [0.2, 0.25) is 0 Å². The smallest absolute Gasteiger partial charge is 0.274 e. The predicted octanol–water partition coefficient (Wildman–Crippen LogP) is 4.50. The maximum Gasteiger partial charge on any atom is 0.416 e. The number of rotatable bonds is 1. The summed E-state index contributed by atoms with van der Waals surface area (Å²) in [6.45, 7) is 0. The van der Waals surface area contributed by atoms with Crippen LogP contribution >= 0.6 is 0 Å². The number of allylic oxidation sites excluding steroid dienone is 4. The molecule has 5 rings (SSSR count). The van der Waals surface area contributed by atoms with Gasteiger partial charge in [-0.2, -0.15) is 13.2 Å². The standard InChI is InChI=1S/C21H18F3NO2/c22-21(23,24)12-6-3-7-13(10-12)25-19(26)17-14-8-9-15(18(17)20(25)27)16(14)11-4-1-2-5-11/h3,6-10,14-15,17-18H,1-2,4-5H2/t14-,15-,17-,18-/m0/s1. The lowest BCUT2D eigenvalue weighted by Gasteiger charge is -2.20. The van der Waals surface area contributed by atoms with Crippen LogP contribution in [0.5, 0.6) is 0 Å². The van der Waals surface area contributed by atoms with Gasteiger partial charge in [0, 0.05) is 11.8 Å². The second-order valence-corrected chi connectivity index (χ2v) is 7.81. The first-order chi connectivity index (χ1) is 12.9. The van der Waals surface area contributed by atoms with Crippen LogP contribution in [-0.2, 0) is 15.8 Å². The highest BCUT2D eigenvalue weighted by Crippen LogP contribution is 2.58. The fourth-order valence-corrected chi connectivity index (χ4v) is 5.40. The summed E-state index contributed by atoms with van der Waals surface area (Å²) in [6.07, 6.45) is 3.88. The summed E-state index contributed by atoms with van der Waals surface area (Å²) in [5, 5.41) is 0. The number of anilines is 1. The third-order valence-electron chi connectivity index (χ3n) is 6.46. The molecular weight excluding hydrogens is 355 g/mol. The molecule has 1 saturated heterocycles. The molecule has 3 nitrogen and oxygen atoms in total. The number of carbonyl (C=O) groups is 2. The molecule has 2 amide bonds. The lowest BCUT2D eigenvalue weighted by Crippen LogP contribution is -2.33. The first-order valence-electron chi connectivity index (χ1n) is 9.33. The number of amides is 2. The number of nitrogens with zero attached hydrogens (tertiary/aromatic N) is 1. The zero-order valence-corrected chi connectivity index (χ0v) is 14.5. The minimum atomic E-state index is -4.52. The lowest BCUT2D eigenvalue weighted by molar-refractivity contribution is -0.137. The highest BCUT2D eigenvalue weighted by Gasteiger charge is 2.62. The van der Waals surface area contributed by atoms with Crippen LogP contribution in [0, 0.1) is 23.7 Å². The molecule has 27 heavy (non-hydrogen) atoms. The second-order valence-electron chi connectivity index (χ2n) is 7.81. The van der Waals surface area contributed by atoms with Gasteiger partial charge in [0.05, 0.1) is 23.1 Å². The van der Waals surface area contributed by atoms with Crippen molar-refractivity contribution in [1.29, 1.82) is 0 Å². The minimum absolute atomic E-state index is 0.0173. The van der Waals surface area contributed by atoms with Crippen LogP contribution in [0.3, 0.4) is 0 Å². The zero-order chi connectivity index (χ0) is 18.9.